The molecule has 3 aromatic rings. The van der Waals surface area contributed by atoms with Gasteiger partial charge in [0.05, 0.1) is 0 Å². The molecule has 4 heteroatoms. The van der Waals surface area contributed by atoms with Gasteiger partial charge in [-0.05, 0) is 18.6 Å². The molecule has 0 fully saturated rings. The van der Waals surface area contributed by atoms with Crippen molar-refractivity contribution in [1.29, 1.82) is 0 Å². The molecule has 1 N–H and O–H groups in total. The number of carbonyl (C=O) groups is 1. The molecule has 4 nitrogen and oxygen atoms in total. The van der Waals surface area contributed by atoms with E-state index in [-0.39, 0.29) is 11.3 Å². The number of carbonyl (C=O) groups excluding carboxylic acids is 1. The molecule has 0 bridgehead atoms. The largest absolute Gasteiger partial charge is 0.507 e. The Kier molecular flexibility index (Phi) is 4.61. The monoisotopic (exact) mass is 332 g/mol. The molecule has 124 valence electrons. The van der Waals surface area contributed by atoms with E-state index in [2.05, 4.69) is 0 Å². The number of ketones is 1. The van der Waals surface area contributed by atoms with E-state index >= 15 is 0 Å². The van der Waals surface area contributed by atoms with Crippen molar-refractivity contribution in [3.05, 3.63) is 93.9 Å². The molecule has 3 rings (SSSR count). The zero-order valence-electron chi connectivity index (χ0n) is 13.6. The summed E-state index contributed by atoms with van der Waals surface area (Å²) in [5.41, 5.74) is 1.30. The maximum atomic E-state index is 12.3. The minimum absolute atomic E-state index is 0.210. The molecule has 0 saturated carbocycles. The summed E-state index contributed by atoms with van der Waals surface area (Å²) in [7, 11) is 0. The van der Waals surface area contributed by atoms with Gasteiger partial charge in [-0.15, -0.1) is 0 Å². The van der Waals surface area contributed by atoms with Crippen LogP contribution in [0.3, 0.4) is 0 Å². The van der Waals surface area contributed by atoms with Crippen LogP contribution < -0.4 is 5.63 Å². The standard InChI is InChI=1S/C21H16O4/c1-14-6-5-7-15(12-14)10-11-17(22)20-18(23)13-19(25-21(20)24)16-8-3-2-4-9-16/h2-13,23H,1H3/b11-10+. The average Bonchev–Trinajstić information content (AvgIpc) is 2.60. The highest BCUT2D eigenvalue weighted by Gasteiger charge is 2.17. The van der Waals surface area contributed by atoms with Crippen LogP contribution in [0, 0.1) is 6.92 Å². The van der Waals surface area contributed by atoms with E-state index in [1.807, 2.05) is 37.3 Å². The smallest absolute Gasteiger partial charge is 0.351 e. The molecule has 0 spiro atoms. The second-order valence-corrected chi connectivity index (χ2v) is 5.64. The predicted octanol–water partition coefficient (Wildman–Crippen LogP) is 4.22. The van der Waals surface area contributed by atoms with Gasteiger partial charge in [-0.1, -0.05) is 66.2 Å². The summed E-state index contributed by atoms with van der Waals surface area (Å²) in [5.74, 6) is -0.788. The molecule has 1 aromatic heterocycles. The summed E-state index contributed by atoms with van der Waals surface area (Å²) >= 11 is 0. The zero-order valence-corrected chi connectivity index (χ0v) is 13.6. The number of aromatic hydroxyl groups is 1. The quantitative estimate of drug-likeness (QED) is 0.574. The van der Waals surface area contributed by atoms with E-state index in [9.17, 15) is 14.7 Å². The molecule has 0 aliphatic heterocycles. The molecule has 0 aliphatic rings. The van der Waals surface area contributed by atoms with Gasteiger partial charge in [-0.3, -0.25) is 4.79 Å². The van der Waals surface area contributed by atoms with Gasteiger partial charge < -0.3 is 9.52 Å². The highest BCUT2D eigenvalue weighted by Crippen LogP contribution is 2.24. The summed E-state index contributed by atoms with van der Waals surface area (Å²) in [6, 6.07) is 17.8. The molecule has 0 amide bonds. The van der Waals surface area contributed by atoms with E-state index in [1.54, 1.807) is 30.3 Å². The minimum Gasteiger partial charge on any atom is -0.507 e. The van der Waals surface area contributed by atoms with Crippen molar-refractivity contribution in [1.82, 2.24) is 0 Å². The fourth-order valence-corrected chi connectivity index (χ4v) is 2.48. The Labute approximate surface area is 144 Å². The molecular weight excluding hydrogens is 316 g/mol. The van der Waals surface area contributed by atoms with Crippen molar-refractivity contribution in [3.8, 4) is 17.1 Å². The van der Waals surface area contributed by atoms with Crippen molar-refractivity contribution in [2.45, 2.75) is 6.92 Å². The van der Waals surface area contributed by atoms with Crippen LogP contribution in [-0.4, -0.2) is 10.9 Å². The van der Waals surface area contributed by atoms with Crippen molar-refractivity contribution in [3.63, 3.8) is 0 Å². The fraction of sp³-hybridized carbons (Fsp3) is 0.0476. The van der Waals surface area contributed by atoms with Crippen LogP contribution in [0.1, 0.15) is 21.5 Å². The van der Waals surface area contributed by atoms with Crippen LogP contribution >= 0.6 is 0 Å². The summed E-state index contributed by atoms with van der Waals surface area (Å²) in [4.78, 5) is 24.4. The first kappa shape index (κ1) is 16.5. The number of aryl methyl sites for hydroxylation is 1. The molecule has 0 unspecified atom stereocenters. The van der Waals surface area contributed by atoms with E-state index in [0.29, 0.717) is 5.56 Å². The lowest BCUT2D eigenvalue weighted by atomic mass is 10.1. The highest BCUT2D eigenvalue weighted by molar-refractivity contribution is 6.08. The van der Waals surface area contributed by atoms with Gasteiger partial charge in [0.25, 0.3) is 0 Å². The molecule has 0 atom stereocenters. The lowest BCUT2D eigenvalue weighted by Gasteiger charge is -2.04. The lowest BCUT2D eigenvalue weighted by Crippen LogP contribution is -2.12. The number of hydrogen-bond donors (Lipinski definition) is 1. The van der Waals surface area contributed by atoms with Gasteiger partial charge in [0, 0.05) is 11.6 Å². The van der Waals surface area contributed by atoms with Gasteiger partial charge in [0.2, 0.25) is 0 Å². The topological polar surface area (TPSA) is 67.5 Å². The van der Waals surface area contributed by atoms with Gasteiger partial charge in [-0.2, -0.15) is 0 Å². The Bertz CT molecular complexity index is 998. The highest BCUT2D eigenvalue weighted by atomic mass is 16.4. The normalized spacial score (nSPS) is 10.9. The van der Waals surface area contributed by atoms with Crippen LogP contribution in [0.5, 0.6) is 5.75 Å². The van der Waals surface area contributed by atoms with Crippen molar-refractivity contribution < 1.29 is 14.3 Å². The van der Waals surface area contributed by atoms with Crippen molar-refractivity contribution in [2.75, 3.05) is 0 Å². The van der Waals surface area contributed by atoms with E-state index < -0.39 is 17.2 Å². The van der Waals surface area contributed by atoms with Crippen LogP contribution in [-0.2, 0) is 0 Å². The van der Waals surface area contributed by atoms with Crippen LogP contribution in [0.25, 0.3) is 17.4 Å². The Morgan fingerprint density at radius 2 is 1.80 bits per heavy atom. The number of benzene rings is 2. The molecule has 25 heavy (non-hydrogen) atoms. The molecule has 0 aliphatic carbocycles. The van der Waals surface area contributed by atoms with Crippen LogP contribution in [0.4, 0.5) is 0 Å². The molecule has 1 heterocycles. The summed E-state index contributed by atoms with van der Waals surface area (Å²) in [5, 5.41) is 10.1. The summed E-state index contributed by atoms with van der Waals surface area (Å²) in [6.07, 6.45) is 2.85. The first-order valence-corrected chi connectivity index (χ1v) is 7.76. The van der Waals surface area contributed by atoms with Gasteiger partial charge in [0.1, 0.15) is 17.1 Å². The summed E-state index contributed by atoms with van der Waals surface area (Å²) in [6.45, 7) is 1.95. The summed E-state index contributed by atoms with van der Waals surface area (Å²) < 4.78 is 5.20. The predicted molar refractivity (Wildman–Crippen MR) is 96.6 cm³/mol. The number of rotatable bonds is 4. The number of allylic oxidation sites excluding steroid dienone is 1. The lowest BCUT2D eigenvalue weighted by molar-refractivity contribution is 0.104. The van der Waals surface area contributed by atoms with Crippen molar-refractivity contribution >= 4 is 11.9 Å². The van der Waals surface area contributed by atoms with Gasteiger partial charge in [0.15, 0.2) is 5.78 Å². The first-order chi connectivity index (χ1) is 12.0. The fourth-order valence-electron chi connectivity index (χ4n) is 2.48. The van der Waals surface area contributed by atoms with E-state index in [1.165, 1.54) is 12.1 Å². The van der Waals surface area contributed by atoms with Crippen LogP contribution in [0.15, 0.2) is 76.0 Å². The second-order valence-electron chi connectivity index (χ2n) is 5.64. The third-order valence-electron chi connectivity index (χ3n) is 3.70. The van der Waals surface area contributed by atoms with Gasteiger partial charge >= 0.3 is 5.63 Å². The molecule has 2 aromatic carbocycles. The average molecular weight is 332 g/mol. The maximum absolute atomic E-state index is 12.3. The molecular formula is C21H16O4. The zero-order chi connectivity index (χ0) is 17.8. The first-order valence-electron chi connectivity index (χ1n) is 7.76. The Balaban J connectivity index is 1.92. The van der Waals surface area contributed by atoms with Crippen LogP contribution in [0.2, 0.25) is 0 Å². The third kappa shape index (κ3) is 3.75. The van der Waals surface area contributed by atoms with E-state index in [4.69, 9.17) is 4.42 Å². The second kappa shape index (κ2) is 7.01. The Hall–Kier alpha value is -3.40. The third-order valence-corrected chi connectivity index (χ3v) is 3.70. The van der Waals surface area contributed by atoms with E-state index in [0.717, 1.165) is 11.1 Å². The maximum Gasteiger partial charge on any atom is 0.351 e. The Morgan fingerprint density at radius 1 is 1.04 bits per heavy atom. The molecule has 0 saturated heterocycles. The Morgan fingerprint density at radius 3 is 2.48 bits per heavy atom. The SMILES string of the molecule is Cc1cccc(/C=C/C(=O)c2c(O)cc(-c3ccccc3)oc2=O)c1. The molecule has 0 radical (unpaired) electrons. The minimum atomic E-state index is -0.863. The number of hydrogen-bond acceptors (Lipinski definition) is 4. The van der Waals surface area contributed by atoms with Crippen molar-refractivity contribution in [2.24, 2.45) is 0 Å². The van der Waals surface area contributed by atoms with Gasteiger partial charge in [-0.25, -0.2) is 4.79 Å².